The van der Waals surface area contributed by atoms with E-state index in [0.717, 1.165) is 6.20 Å². The fourth-order valence-corrected chi connectivity index (χ4v) is 1.45. The minimum atomic E-state index is -4.79. The van der Waals surface area contributed by atoms with Crippen LogP contribution in [-0.4, -0.2) is 11.3 Å². The Labute approximate surface area is 96.5 Å². The van der Waals surface area contributed by atoms with Gasteiger partial charge in [-0.2, -0.15) is 0 Å². The molecule has 0 amide bonds. The summed E-state index contributed by atoms with van der Waals surface area (Å²) in [5.74, 6) is -0.488. The number of alkyl halides is 3. The highest BCUT2D eigenvalue weighted by Crippen LogP contribution is 2.33. The Morgan fingerprint density at radius 3 is 2.60 bits per heavy atom. The van der Waals surface area contributed by atoms with Gasteiger partial charge in [0, 0.05) is 12.1 Å². The molecule has 0 aromatic carbocycles. The van der Waals surface area contributed by atoms with Crippen molar-refractivity contribution in [2.75, 3.05) is 0 Å². The number of pyridine rings is 1. The van der Waals surface area contributed by atoms with Crippen LogP contribution in [0.3, 0.4) is 0 Å². The molecule has 0 saturated heterocycles. The molecule has 0 aliphatic heterocycles. The Morgan fingerprint density at radius 2 is 2.13 bits per heavy atom. The van der Waals surface area contributed by atoms with Gasteiger partial charge in [-0.05, 0) is 15.9 Å². The van der Waals surface area contributed by atoms with Gasteiger partial charge in [-0.1, -0.05) is 11.6 Å². The van der Waals surface area contributed by atoms with E-state index in [4.69, 9.17) is 17.3 Å². The topological polar surface area (TPSA) is 48.1 Å². The van der Waals surface area contributed by atoms with E-state index in [1.165, 1.54) is 0 Å². The maximum absolute atomic E-state index is 11.9. The van der Waals surface area contributed by atoms with E-state index in [0.29, 0.717) is 0 Å². The van der Waals surface area contributed by atoms with Crippen molar-refractivity contribution < 1.29 is 17.9 Å². The van der Waals surface area contributed by atoms with Crippen LogP contribution < -0.4 is 10.5 Å². The summed E-state index contributed by atoms with van der Waals surface area (Å²) in [6.45, 7) is -0.175. The summed E-state index contributed by atoms with van der Waals surface area (Å²) in [7, 11) is 0. The number of hydrogen-bond acceptors (Lipinski definition) is 3. The van der Waals surface area contributed by atoms with Gasteiger partial charge >= 0.3 is 6.36 Å². The van der Waals surface area contributed by atoms with E-state index >= 15 is 0 Å². The van der Waals surface area contributed by atoms with Gasteiger partial charge in [0.1, 0.15) is 4.60 Å². The molecule has 8 heteroatoms. The van der Waals surface area contributed by atoms with Crippen LogP contribution in [0, 0.1) is 0 Å². The molecule has 1 heterocycles. The third-order valence-electron chi connectivity index (χ3n) is 1.47. The average Bonchev–Trinajstić information content (AvgIpc) is 2.10. The number of hydrogen-bond donors (Lipinski definition) is 1. The van der Waals surface area contributed by atoms with Crippen molar-refractivity contribution in [3.05, 3.63) is 21.4 Å². The SMILES string of the molecule is NCc1c(OC(F)(F)F)cnc(Br)c1Cl. The van der Waals surface area contributed by atoms with Gasteiger partial charge in [-0.15, -0.1) is 13.2 Å². The predicted octanol–water partition coefficient (Wildman–Crippen LogP) is 2.85. The molecule has 0 spiro atoms. The van der Waals surface area contributed by atoms with Crippen LogP contribution in [0.15, 0.2) is 10.8 Å². The van der Waals surface area contributed by atoms with Crippen LogP contribution in [0.4, 0.5) is 13.2 Å². The van der Waals surface area contributed by atoms with Crippen LogP contribution in [-0.2, 0) is 6.54 Å². The number of nitrogens with two attached hydrogens (primary N) is 1. The molecule has 0 fully saturated rings. The van der Waals surface area contributed by atoms with Gasteiger partial charge in [-0.25, -0.2) is 4.98 Å². The highest BCUT2D eigenvalue weighted by atomic mass is 79.9. The fraction of sp³-hybridized carbons (Fsp3) is 0.286. The lowest BCUT2D eigenvalue weighted by atomic mass is 10.2. The third kappa shape index (κ3) is 3.22. The van der Waals surface area contributed by atoms with Crippen molar-refractivity contribution in [2.45, 2.75) is 12.9 Å². The van der Waals surface area contributed by atoms with Crippen molar-refractivity contribution >= 4 is 27.5 Å². The molecule has 15 heavy (non-hydrogen) atoms. The van der Waals surface area contributed by atoms with Gasteiger partial charge in [0.25, 0.3) is 0 Å². The van der Waals surface area contributed by atoms with Crippen molar-refractivity contribution in [1.29, 1.82) is 0 Å². The molecule has 1 aromatic rings. The highest BCUT2D eigenvalue weighted by molar-refractivity contribution is 9.10. The zero-order valence-corrected chi connectivity index (χ0v) is 9.45. The minimum Gasteiger partial charge on any atom is -0.404 e. The molecule has 3 nitrogen and oxygen atoms in total. The van der Waals surface area contributed by atoms with Crippen molar-refractivity contribution in [3.63, 3.8) is 0 Å². The summed E-state index contributed by atoms with van der Waals surface area (Å²) in [6, 6.07) is 0. The van der Waals surface area contributed by atoms with E-state index in [-0.39, 0.29) is 21.7 Å². The second-order valence-corrected chi connectivity index (χ2v) is 3.59. The molecule has 84 valence electrons. The number of aromatic nitrogens is 1. The van der Waals surface area contributed by atoms with Gasteiger partial charge in [0.05, 0.1) is 11.2 Å². The molecule has 0 aliphatic carbocycles. The Balaban J connectivity index is 3.14. The first-order valence-corrected chi connectivity index (χ1v) is 4.81. The van der Waals surface area contributed by atoms with Crippen molar-refractivity contribution in [1.82, 2.24) is 4.98 Å². The Bertz CT molecular complexity index is 372. The van der Waals surface area contributed by atoms with E-state index in [2.05, 4.69) is 25.7 Å². The predicted molar refractivity (Wildman–Crippen MR) is 51.5 cm³/mol. The standard InChI is InChI=1S/C7H5BrClF3N2O/c8-6-5(9)3(1-13)4(2-14-6)15-7(10,11)12/h2H,1,13H2. The van der Waals surface area contributed by atoms with Crippen LogP contribution in [0.1, 0.15) is 5.56 Å². The molecule has 0 radical (unpaired) electrons. The van der Waals surface area contributed by atoms with Crippen LogP contribution in [0.2, 0.25) is 5.02 Å². The Morgan fingerprint density at radius 1 is 1.53 bits per heavy atom. The lowest BCUT2D eigenvalue weighted by Crippen LogP contribution is -2.19. The summed E-state index contributed by atoms with van der Waals surface area (Å²) >= 11 is 8.66. The fourth-order valence-electron chi connectivity index (χ4n) is 0.885. The van der Waals surface area contributed by atoms with E-state index in [1.807, 2.05) is 0 Å². The highest BCUT2D eigenvalue weighted by Gasteiger charge is 2.32. The first-order valence-electron chi connectivity index (χ1n) is 3.64. The molecule has 1 rings (SSSR count). The quantitative estimate of drug-likeness (QED) is 0.855. The zero-order valence-electron chi connectivity index (χ0n) is 7.11. The molecule has 0 bridgehead atoms. The average molecular weight is 305 g/mol. The molecular formula is C7H5BrClF3N2O. The largest absolute Gasteiger partial charge is 0.573 e. The second kappa shape index (κ2) is 4.54. The summed E-state index contributed by atoms with van der Waals surface area (Å²) < 4.78 is 39.8. The molecular weight excluding hydrogens is 300 g/mol. The molecule has 1 aromatic heterocycles. The minimum absolute atomic E-state index is 0.0132. The number of halogens is 5. The summed E-state index contributed by atoms with van der Waals surface area (Å²) in [6.07, 6.45) is -3.88. The third-order valence-corrected chi connectivity index (χ3v) is 2.71. The first kappa shape index (κ1) is 12.5. The van der Waals surface area contributed by atoms with Crippen LogP contribution >= 0.6 is 27.5 Å². The second-order valence-electron chi connectivity index (χ2n) is 2.46. The van der Waals surface area contributed by atoms with Crippen LogP contribution in [0.5, 0.6) is 5.75 Å². The van der Waals surface area contributed by atoms with Crippen LogP contribution in [0.25, 0.3) is 0 Å². The lowest BCUT2D eigenvalue weighted by molar-refractivity contribution is -0.275. The van der Waals surface area contributed by atoms with Crippen molar-refractivity contribution in [2.24, 2.45) is 5.73 Å². The number of nitrogens with zero attached hydrogens (tertiary/aromatic N) is 1. The summed E-state index contributed by atoms with van der Waals surface area (Å²) in [5, 5.41) is 0.0132. The van der Waals surface area contributed by atoms with E-state index < -0.39 is 12.1 Å². The molecule has 2 N–H and O–H groups in total. The van der Waals surface area contributed by atoms with E-state index in [1.54, 1.807) is 0 Å². The number of ether oxygens (including phenoxy) is 1. The molecule has 0 atom stereocenters. The molecule has 0 aliphatic rings. The van der Waals surface area contributed by atoms with E-state index in [9.17, 15) is 13.2 Å². The maximum atomic E-state index is 11.9. The van der Waals surface area contributed by atoms with Crippen molar-refractivity contribution in [3.8, 4) is 5.75 Å². The maximum Gasteiger partial charge on any atom is 0.573 e. The Hall–Kier alpha value is -0.530. The lowest BCUT2D eigenvalue weighted by Gasteiger charge is -2.13. The normalized spacial score (nSPS) is 11.6. The van der Waals surface area contributed by atoms with Gasteiger partial charge < -0.3 is 10.5 Å². The molecule has 0 unspecified atom stereocenters. The Kier molecular flexibility index (Phi) is 3.80. The monoisotopic (exact) mass is 304 g/mol. The summed E-state index contributed by atoms with van der Waals surface area (Å²) in [4.78, 5) is 3.58. The number of rotatable bonds is 2. The smallest absolute Gasteiger partial charge is 0.404 e. The van der Waals surface area contributed by atoms with Gasteiger partial charge in [0.2, 0.25) is 0 Å². The van der Waals surface area contributed by atoms with Gasteiger partial charge in [-0.3, -0.25) is 0 Å². The zero-order chi connectivity index (χ0) is 11.6. The first-order chi connectivity index (χ1) is 6.85. The summed E-state index contributed by atoms with van der Waals surface area (Å²) in [5.41, 5.74) is 5.31. The van der Waals surface area contributed by atoms with Gasteiger partial charge in [0.15, 0.2) is 5.75 Å². The molecule has 0 saturated carbocycles.